The first-order valence-electron chi connectivity index (χ1n) is 14.6. The third-order valence-corrected chi connectivity index (χ3v) is 8.50. The lowest BCUT2D eigenvalue weighted by Crippen LogP contribution is -2.47. The van der Waals surface area contributed by atoms with Crippen molar-refractivity contribution in [3.8, 4) is 17.0 Å². The molecule has 0 saturated carbocycles. The van der Waals surface area contributed by atoms with Crippen molar-refractivity contribution in [1.29, 1.82) is 0 Å². The van der Waals surface area contributed by atoms with Crippen molar-refractivity contribution in [2.24, 2.45) is 7.05 Å². The molecule has 3 amide bonds. The van der Waals surface area contributed by atoms with Crippen molar-refractivity contribution in [2.45, 2.75) is 13.0 Å². The maximum absolute atomic E-state index is 13.9. The van der Waals surface area contributed by atoms with E-state index in [2.05, 4.69) is 56.8 Å². The Labute approximate surface area is 259 Å². The zero-order chi connectivity index (χ0) is 31.2. The fourth-order valence-corrected chi connectivity index (χ4v) is 6.35. The molecule has 0 aliphatic carbocycles. The van der Waals surface area contributed by atoms with Gasteiger partial charge in [-0.15, -0.1) is 0 Å². The number of carbonyl (C=O) groups is 3. The second-order valence-electron chi connectivity index (χ2n) is 11.3. The number of hydrogen-bond acceptors (Lipinski definition) is 4. The van der Waals surface area contributed by atoms with E-state index >= 15 is 0 Å². The Hall–Kier alpha value is -5.83. The average Bonchev–Trinajstić information content (AvgIpc) is 3.70. The normalized spacial score (nSPS) is 14.2. The molecule has 0 radical (unpaired) electrons. The van der Waals surface area contributed by atoms with Crippen LogP contribution in [0.25, 0.3) is 33.1 Å². The van der Waals surface area contributed by atoms with Gasteiger partial charge in [0.05, 0.1) is 18.8 Å². The van der Waals surface area contributed by atoms with Crippen LogP contribution in [0.2, 0.25) is 0 Å². The highest BCUT2D eigenvalue weighted by Gasteiger charge is 2.41. The number of benzene rings is 4. The smallest absolute Gasteiger partial charge is 0.286 e. The molecule has 6 aromatic rings. The largest absolute Gasteiger partial charge is 0.497 e. The lowest BCUT2D eigenvalue weighted by atomic mass is 9.93. The fourth-order valence-electron chi connectivity index (χ4n) is 6.35. The molecule has 45 heavy (non-hydrogen) atoms. The van der Waals surface area contributed by atoms with Crippen LogP contribution in [0.15, 0.2) is 97.1 Å². The average molecular weight is 598 g/mol. The van der Waals surface area contributed by atoms with Crippen LogP contribution in [-0.2, 0) is 11.8 Å². The van der Waals surface area contributed by atoms with E-state index < -0.39 is 17.9 Å². The first-order chi connectivity index (χ1) is 21.8. The van der Waals surface area contributed by atoms with E-state index in [1.165, 1.54) is 0 Å². The number of carbonyl (C=O) groups excluding carboxylic acids is 3. The Bertz CT molecular complexity index is 2130. The van der Waals surface area contributed by atoms with Crippen LogP contribution in [0.5, 0.6) is 5.75 Å². The summed E-state index contributed by atoms with van der Waals surface area (Å²) in [5, 5.41) is 1.80. The molecule has 9 nitrogen and oxygen atoms in total. The van der Waals surface area contributed by atoms with E-state index in [1.54, 1.807) is 30.2 Å². The van der Waals surface area contributed by atoms with Crippen molar-refractivity contribution in [3.05, 3.63) is 125 Å². The number of aromatic nitrogens is 2. The van der Waals surface area contributed by atoms with E-state index in [0.29, 0.717) is 11.3 Å². The van der Waals surface area contributed by atoms with Crippen molar-refractivity contribution in [3.63, 3.8) is 0 Å². The minimum absolute atomic E-state index is 0.246. The number of hydrogen-bond donors (Lipinski definition) is 3. The molecule has 0 spiro atoms. The van der Waals surface area contributed by atoms with Crippen molar-refractivity contribution >= 4 is 39.5 Å². The molecule has 2 aromatic heterocycles. The van der Waals surface area contributed by atoms with Crippen LogP contribution in [-0.4, -0.2) is 45.8 Å². The summed E-state index contributed by atoms with van der Waals surface area (Å²) in [4.78, 5) is 44.8. The van der Waals surface area contributed by atoms with Crippen LogP contribution in [0.1, 0.15) is 43.6 Å². The van der Waals surface area contributed by atoms with Crippen LogP contribution >= 0.6 is 0 Å². The Kier molecular flexibility index (Phi) is 6.85. The van der Waals surface area contributed by atoms with Crippen LogP contribution in [0, 0.1) is 6.92 Å². The van der Waals surface area contributed by atoms with Crippen molar-refractivity contribution in [2.75, 3.05) is 13.7 Å². The molecular weight excluding hydrogens is 566 g/mol. The third-order valence-electron chi connectivity index (χ3n) is 8.50. The number of ether oxygens (including phenoxy) is 1. The number of H-pyrrole nitrogens is 1. The SMILES string of the molecule is COc1ccc2[nH]c(C(=O)NNC(=O)CN3C(=O)c4ccccc4C3c3c(-c4ccc(C)cc4)n(C)c4ccccc34)cc2c1. The molecular formula is C36H31N5O4. The monoisotopic (exact) mass is 597 g/mol. The first kappa shape index (κ1) is 28.0. The summed E-state index contributed by atoms with van der Waals surface area (Å²) in [7, 11) is 3.60. The molecule has 1 aliphatic rings. The number of aromatic amines is 1. The Morgan fingerprint density at radius 3 is 2.47 bits per heavy atom. The number of hydrazine groups is 1. The highest BCUT2D eigenvalue weighted by Crippen LogP contribution is 2.46. The fraction of sp³-hybridized carbons (Fsp3) is 0.139. The van der Waals surface area contributed by atoms with Crippen LogP contribution in [0.3, 0.4) is 0 Å². The maximum atomic E-state index is 13.9. The molecule has 224 valence electrons. The number of aryl methyl sites for hydroxylation is 2. The predicted molar refractivity (Wildman–Crippen MR) is 173 cm³/mol. The third kappa shape index (κ3) is 4.78. The second kappa shape index (κ2) is 11.0. The van der Waals surface area contributed by atoms with Gasteiger partial charge in [0.2, 0.25) is 0 Å². The number of nitrogens with zero attached hydrogens (tertiary/aromatic N) is 2. The van der Waals surface area contributed by atoms with E-state index in [4.69, 9.17) is 4.74 Å². The Morgan fingerprint density at radius 1 is 0.911 bits per heavy atom. The molecule has 7 rings (SSSR count). The molecule has 0 saturated heterocycles. The van der Waals surface area contributed by atoms with Gasteiger partial charge in [0.15, 0.2) is 0 Å². The minimum Gasteiger partial charge on any atom is -0.497 e. The van der Waals surface area contributed by atoms with Gasteiger partial charge in [0.25, 0.3) is 17.7 Å². The van der Waals surface area contributed by atoms with Gasteiger partial charge in [-0.2, -0.15) is 0 Å². The van der Waals surface area contributed by atoms with Gasteiger partial charge in [-0.1, -0.05) is 66.2 Å². The zero-order valence-electron chi connectivity index (χ0n) is 25.0. The highest BCUT2D eigenvalue weighted by atomic mass is 16.5. The molecule has 3 heterocycles. The predicted octanol–water partition coefficient (Wildman–Crippen LogP) is 5.65. The summed E-state index contributed by atoms with van der Waals surface area (Å²) in [5.74, 6) is -0.611. The summed E-state index contributed by atoms with van der Waals surface area (Å²) >= 11 is 0. The Balaban J connectivity index is 1.22. The molecule has 0 bridgehead atoms. The topological polar surface area (TPSA) is 108 Å². The molecule has 1 atom stereocenters. The van der Waals surface area contributed by atoms with Crippen molar-refractivity contribution in [1.82, 2.24) is 25.3 Å². The van der Waals surface area contributed by atoms with Gasteiger partial charge in [-0.25, -0.2) is 0 Å². The molecule has 1 aliphatic heterocycles. The lowest BCUT2D eigenvalue weighted by molar-refractivity contribution is -0.122. The van der Waals surface area contributed by atoms with E-state index in [9.17, 15) is 14.4 Å². The maximum Gasteiger partial charge on any atom is 0.286 e. The van der Waals surface area contributed by atoms with Gasteiger partial charge < -0.3 is 19.2 Å². The summed E-state index contributed by atoms with van der Waals surface area (Å²) in [5.41, 5.74) is 12.5. The number of fused-ring (bicyclic) bond motifs is 3. The van der Waals surface area contributed by atoms with E-state index in [1.807, 2.05) is 56.4 Å². The molecule has 4 aromatic carbocycles. The summed E-state index contributed by atoms with van der Waals surface area (Å²) < 4.78 is 7.41. The minimum atomic E-state index is -0.527. The molecule has 0 fully saturated rings. The van der Waals surface area contributed by atoms with E-state index in [-0.39, 0.29) is 18.1 Å². The number of methoxy groups -OCH3 is 1. The summed E-state index contributed by atoms with van der Waals surface area (Å²) in [6.07, 6.45) is 0. The summed E-state index contributed by atoms with van der Waals surface area (Å²) in [6, 6.07) is 30.5. The lowest BCUT2D eigenvalue weighted by Gasteiger charge is -2.26. The standard InChI is InChI=1S/C36H31N5O4/c1-21-12-14-22(15-13-21)33-32(27-10-6-7-11-30(27)40(33)2)34-25-8-4-5-9-26(25)36(44)41(34)20-31(42)38-39-35(43)29-19-23-18-24(45-3)16-17-28(23)37-29/h4-19,34,37H,20H2,1-3H3,(H,38,42)(H,39,43). The van der Waals surface area contributed by atoms with Crippen LogP contribution in [0.4, 0.5) is 0 Å². The van der Waals surface area contributed by atoms with Gasteiger partial charge in [0.1, 0.15) is 18.0 Å². The van der Waals surface area contributed by atoms with Gasteiger partial charge in [-0.3, -0.25) is 25.2 Å². The number of para-hydroxylation sites is 1. The van der Waals surface area contributed by atoms with Gasteiger partial charge >= 0.3 is 0 Å². The molecule has 9 heteroatoms. The number of amides is 3. The van der Waals surface area contributed by atoms with Crippen LogP contribution < -0.4 is 15.6 Å². The summed E-state index contributed by atoms with van der Waals surface area (Å²) in [6.45, 7) is 1.78. The first-order valence-corrected chi connectivity index (χ1v) is 14.6. The zero-order valence-corrected chi connectivity index (χ0v) is 25.0. The van der Waals surface area contributed by atoms with Gasteiger partial charge in [-0.05, 0) is 54.4 Å². The Morgan fingerprint density at radius 2 is 1.67 bits per heavy atom. The number of nitrogens with one attached hydrogen (secondary N) is 3. The molecule has 1 unspecified atom stereocenters. The highest BCUT2D eigenvalue weighted by molar-refractivity contribution is 6.04. The van der Waals surface area contributed by atoms with E-state index in [0.717, 1.165) is 49.8 Å². The number of rotatable bonds is 6. The van der Waals surface area contributed by atoms with Gasteiger partial charge in [0, 0.05) is 40.0 Å². The van der Waals surface area contributed by atoms with Crippen molar-refractivity contribution < 1.29 is 19.1 Å². The quantitative estimate of drug-likeness (QED) is 0.216. The second-order valence-corrected chi connectivity index (χ2v) is 11.3. The molecule has 3 N–H and O–H groups in total.